The highest BCUT2D eigenvalue weighted by Gasteiger charge is 2.57. The first-order valence-electron chi connectivity index (χ1n) is 18.3. The van der Waals surface area contributed by atoms with Gasteiger partial charge in [0.2, 0.25) is 11.8 Å². The van der Waals surface area contributed by atoms with E-state index in [4.69, 9.17) is 0 Å². The van der Waals surface area contributed by atoms with Crippen LogP contribution in [0.5, 0.6) is 0 Å². The van der Waals surface area contributed by atoms with Gasteiger partial charge in [0.15, 0.2) is 0 Å². The van der Waals surface area contributed by atoms with Crippen LogP contribution in [0.4, 0.5) is 11.4 Å². The lowest BCUT2D eigenvalue weighted by atomic mass is 9.52. The van der Waals surface area contributed by atoms with E-state index in [0.717, 1.165) is 72.6 Å². The van der Waals surface area contributed by atoms with E-state index < -0.39 is 0 Å². The fourth-order valence-electron chi connectivity index (χ4n) is 13.1. The number of carbonyl (C=O) groups is 2. The number of benzene rings is 2. The van der Waals surface area contributed by atoms with Crippen LogP contribution in [-0.2, 0) is 9.59 Å². The Kier molecular flexibility index (Phi) is 6.58. The molecule has 9 aliphatic carbocycles. The molecule has 0 aromatic heterocycles. The smallest absolute Gasteiger partial charge is 0.230 e. The molecule has 0 radical (unpaired) electrons. The van der Waals surface area contributed by atoms with E-state index in [-0.39, 0.29) is 22.9 Å². The van der Waals surface area contributed by atoms with Crippen molar-refractivity contribution >= 4 is 23.2 Å². The summed E-state index contributed by atoms with van der Waals surface area (Å²) in [5.74, 6) is 5.52. The Bertz CT molecular complexity index is 1210. The topological polar surface area (TPSA) is 40.6 Å². The predicted octanol–water partition coefficient (Wildman–Crippen LogP) is 8.80. The molecule has 9 fully saturated rings. The van der Waals surface area contributed by atoms with Crippen molar-refractivity contribution in [2.75, 3.05) is 9.80 Å². The van der Waals surface area contributed by atoms with Crippen LogP contribution in [0.25, 0.3) is 0 Å². The number of hydrogen-bond donors (Lipinski definition) is 0. The summed E-state index contributed by atoms with van der Waals surface area (Å²) in [6.45, 7) is 0. The Morgan fingerprint density at radius 2 is 0.727 bits per heavy atom. The minimum absolute atomic E-state index is 0.00245. The molecule has 9 saturated carbocycles. The van der Waals surface area contributed by atoms with Crippen LogP contribution >= 0.6 is 0 Å². The minimum Gasteiger partial charge on any atom is -0.306 e. The van der Waals surface area contributed by atoms with E-state index in [1.54, 1.807) is 0 Å². The highest BCUT2D eigenvalue weighted by atomic mass is 16.2. The Morgan fingerprint density at radius 3 is 1.00 bits per heavy atom. The van der Waals surface area contributed by atoms with Gasteiger partial charge in [0.25, 0.3) is 0 Å². The summed E-state index contributed by atoms with van der Waals surface area (Å²) < 4.78 is 0. The maximum atomic E-state index is 14.7. The van der Waals surface area contributed by atoms with Gasteiger partial charge in [0.05, 0.1) is 0 Å². The zero-order valence-electron chi connectivity index (χ0n) is 26.4. The van der Waals surface area contributed by atoms with Gasteiger partial charge in [-0.1, -0.05) is 36.4 Å². The highest BCUT2D eigenvalue weighted by Crippen LogP contribution is 2.60. The molecular formula is C40H50N2O2. The van der Waals surface area contributed by atoms with Crippen molar-refractivity contribution in [2.45, 2.75) is 114 Å². The molecular weight excluding hydrogens is 540 g/mol. The molecule has 4 nitrogen and oxygen atoms in total. The van der Waals surface area contributed by atoms with E-state index in [9.17, 15) is 9.59 Å². The molecule has 9 aliphatic rings. The van der Waals surface area contributed by atoms with Crippen molar-refractivity contribution in [3.05, 3.63) is 60.7 Å². The number of para-hydroxylation sites is 2. The fourth-order valence-corrected chi connectivity index (χ4v) is 13.1. The number of anilines is 2. The second kappa shape index (κ2) is 10.5. The lowest BCUT2D eigenvalue weighted by Gasteiger charge is -2.61. The number of hydrogen-bond acceptors (Lipinski definition) is 2. The zero-order valence-corrected chi connectivity index (χ0v) is 26.4. The van der Waals surface area contributed by atoms with Crippen molar-refractivity contribution in [2.24, 2.45) is 47.3 Å². The van der Waals surface area contributed by atoms with Gasteiger partial charge in [-0.3, -0.25) is 9.59 Å². The van der Waals surface area contributed by atoms with Gasteiger partial charge in [-0.15, -0.1) is 0 Å². The second-order valence-corrected chi connectivity index (χ2v) is 16.9. The summed E-state index contributed by atoms with van der Waals surface area (Å²) in [4.78, 5) is 34.1. The third kappa shape index (κ3) is 4.51. The zero-order chi connectivity index (χ0) is 29.5. The largest absolute Gasteiger partial charge is 0.306 e. The lowest BCUT2D eigenvalue weighted by Crippen LogP contribution is -2.63. The molecule has 2 aromatic rings. The molecule has 0 heterocycles. The lowest BCUT2D eigenvalue weighted by molar-refractivity contribution is -0.131. The molecule has 0 atom stereocenters. The monoisotopic (exact) mass is 590 g/mol. The molecule has 0 spiro atoms. The summed E-state index contributed by atoms with van der Waals surface area (Å²) in [5.41, 5.74) is 2.22. The van der Waals surface area contributed by atoms with Crippen LogP contribution in [0.3, 0.4) is 0 Å². The Morgan fingerprint density at radius 1 is 0.455 bits per heavy atom. The number of carbonyl (C=O) groups excluding carboxylic acids is 2. The minimum atomic E-state index is 0.00245. The first kappa shape index (κ1) is 27.7. The summed E-state index contributed by atoms with van der Waals surface area (Å²) in [5, 5.41) is 0. The van der Waals surface area contributed by atoms with Crippen LogP contribution in [0, 0.1) is 47.3 Å². The summed E-state index contributed by atoms with van der Waals surface area (Å²) >= 11 is 0. The average molecular weight is 591 g/mol. The molecule has 4 heteroatoms. The second-order valence-electron chi connectivity index (χ2n) is 16.9. The van der Waals surface area contributed by atoms with Crippen LogP contribution < -0.4 is 9.80 Å². The van der Waals surface area contributed by atoms with Gasteiger partial charge in [-0.05, 0) is 163 Å². The van der Waals surface area contributed by atoms with Crippen molar-refractivity contribution < 1.29 is 9.59 Å². The van der Waals surface area contributed by atoms with E-state index in [1.807, 2.05) is 0 Å². The maximum Gasteiger partial charge on any atom is 0.230 e. The molecule has 0 aliphatic heterocycles. The number of rotatable bonds is 6. The van der Waals surface area contributed by atoms with Gasteiger partial charge in [0.1, 0.15) is 0 Å². The van der Waals surface area contributed by atoms with Crippen LogP contribution in [0.15, 0.2) is 60.7 Å². The summed E-state index contributed by atoms with van der Waals surface area (Å²) in [7, 11) is 0. The average Bonchev–Trinajstić information content (AvgIpc) is 3.01. The van der Waals surface area contributed by atoms with Crippen LogP contribution in [0.2, 0.25) is 0 Å². The molecule has 2 amide bonds. The SMILES string of the molecule is O=C(C1CCC(C(=O)N(c2ccccc2)C23CC4CC(CC(C4)C2)C3)CC1)N(c1ccccc1)C12CC3CC(CC(C3)C1)C2. The van der Waals surface area contributed by atoms with Crippen LogP contribution in [0.1, 0.15) is 103 Å². The van der Waals surface area contributed by atoms with Crippen LogP contribution in [-0.4, -0.2) is 22.9 Å². The molecule has 8 bridgehead atoms. The Hall–Kier alpha value is -2.62. The number of nitrogens with zero attached hydrogens (tertiary/aromatic N) is 2. The van der Waals surface area contributed by atoms with Crippen molar-refractivity contribution in [3.8, 4) is 0 Å². The predicted molar refractivity (Wildman–Crippen MR) is 175 cm³/mol. The van der Waals surface area contributed by atoms with Gasteiger partial charge in [-0.25, -0.2) is 0 Å². The third-order valence-electron chi connectivity index (χ3n) is 13.9. The highest BCUT2D eigenvalue weighted by molar-refractivity contribution is 5.98. The van der Waals surface area contributed by atoms with E-state index in [1.165, 1.54) is 77.0 Å². The van der Waals surface area contributed by atoms with Crippen molar-refractivity contribution in [3.63, 3.8) is 0 Å². The van der Waals surface area contributed by atoms with Gasteiger partial charge in [-0.2, -0.15) is 0 Å². The number of amides is 2. The molecule has 2 aromatic carbocycles. The molecule has 44 heavy (non-hydrogen) atoms. The van der Waals surface area contributed by atoms with Crippen molar-refractivity contribution in [1.29, 1.82) is 0 Å². The van der Waals surface area contributed by atoms with Gasteiger partial charge >= 0.3 is 0 Å². The van der Waals surface area contributed by atoms with Gasteiger partial charge in [0, 0.05) is 34.3 Å². The van der Waals surface area contributed by atoms with Gasteiger partial charge < -0.3 is 9.80 Å². The van der Waals surface area contributed by atoms with Crippen molar-refractivity contribution in [1.82, 2.24) is 0 Å². The summed E-state index contributed by atoms with van der Waals surface area (Å²) in [6.07, 6.45) is 18.8. The van der Waals surface area contributed by atoms with E-state index >= 15 is 0 Å². The normalized spacial score (nSPS) is 41.5. The maximum absolute atomic E-state index is 14.7. The molecule has 0 N–H and O–H groups in total. The first-order chi connectivity index (χ1) is 21.5. The first-order valence-corrected chi connectivity index (χ1v) is 18.3. The summed E-state index contributed by atoms with van der Waals surface area (Å²) in [6, 6.07) is 21.3. The van der Waals surface area contributed by atoms with E-state index in [2.05, 4.69) is 70.5 Å². The molecule has 11 rings (SSSR count). The standard InChI is InChI=1S/C40H50N2O2/c43-37(41(35-7-3-1-4-8-35)39-21-27-15-28(22-39)17-29(16-27)23-39)33-11-13-34(14-12-33)38(44)42(36-9-5-2-6-10-36)40-24-30-18-31(25-40)20-32(19-30)26-40/h1-10,27-34H,11-26H2. The fraction of sp³-hybridized carbons (Fsp3) is 0.650. The van der Waals surface area contributed by atoms with E-state index in [0.29, 0.717) is 11.8 Å². The molecule has 0 unspecified atom stereocenters. The quantitative estimate of drug-likeness (QED) is 0.337. The Balaban J connectivity index is 0.963. The molecule has 232 valence electrons. The molecule has 0 saturated heterocycles. The third-order valence-corrected chi connectivity index (χ3v) is 13.9. The Labute approximate surface area is 264 Å².